The van der Waals surface area contributed by atoms with Crippen molar-refractivity contribution < 1.29 is 9.53 Å². The Labute approximate surface area is 149 Å². The van der Waals surface area contributed by atoms with Crippen LogP contribution in [-0.4, -0.2) is 39.8 Å². The number of pyridine rings is 1. The molecule has 1 aliphatic heterocycles. The molecule has 4 rings (SSSR count). The lowest BCUT2D eigenvalue weighted by molar-refractivity contribution is 0.0858. The van der Waals surface area contributed by atoms with Crippen molar-refractivity contribution in [3.05, 3.63) is 53.2 Å². The van der Waals surface area contributed by atoms with E-state index < -0.39 is 0 Å². The molecule has 1 fully saturated rings. The smallest absolute Gasteiger partial charge is 0.251 e. The third-order valence-electron chi connectivity index (χ3n) is 4.27. The van der Waals surface area contributed by atoms with Crippen LogP contribution in [0.15, 0.2) is 42.6 Å². The number of carbonyl (C=O) groups is 1. The summed E-state index contributed by atoms with van der Waals surface area (Å²) >= 11 is 6.05. The average Bonchev–Trinajstić information content (AvgIpc) is 3.28. The summed E-state index contributed by atoms with van der Waals surface area (Å²) in [5, 5.41) is 11.9. The van der Waals surface area contributed by atoms with E-state index in [1.807, 2.05) is 28.7 Å². The fraction of sp³-hybridized carbons (Fsp3) is 0.278. The number of hydrogen-bond acceptors (Lipinski definition) is 4. The second-order valence-electron chi connectivity index (χ2n) is 6.02. The minimum absolute atomic E-state index is 0.121. The quantitative estimate of drug-likeness (QED) is 0.780. The SMILES string of the molecule is O=C(NC[C@@H]1CCCO1)c1ccn2c(-c3cccc(Cl)c3)nnc2c1. The lowest BCUT2D eigenvalue weighted by Crippen LogP contribution is -2.31. The number of benzene rings is 1. The minimum Gasteiger partial charge on any atom is -0.376 e. The molecule has 0 spiro atoms. The van der Waals surface area contributed by atoms with Crippen LogP contribution >= 0.6 is 11.6 Å². The molecular formula is C18H17ClN4O2. The van der Waals surface area contributed by atoms with Gasteiger partial charge in [-0.15, -0.1) is 10.2 Å². The Morgan fingerprint density at radius 1 is 1.32 bits per heavy atom. The number of ether oxygens (including phenoxy) is 1. The second-order valence-corrected chi connectivity index (χ2v) is 6.46. The number of halogens is 1. The molecule has 0 bridgehead atoms. The second kappa shape index (κ2) is 6.82. The first-order valence-corrected chi connectivity index (χ1v) is 8.59. The highest BCUT2D eigenvalue weighted by atomic mass is 35.5. The van der Waals surface area contributed by atoms with E-state index in [1.165, 1.54) is 0 Å². The maximum atomic E-state index is 12.3. The zero-order chi connectivity index (χ0) is 17.2. The van der Waals surface area contributed by atoms with E-state index in [9.17, 15) is 4.79 Å². The fourth-order valence-electron chi connectivity index (χ4n) is 2.97. The van der Waals surface area contributed by atoms with Gasteiger partial charge >= 0.3 is 0 Å². The van der Waals surface area contributed by atoms with E-state index >= 15 is 0 Å². The first-order chi connectivity index (χ1) is 12.2. The van der Waals surface area contributed by atoms with E-state index in [4.69, 9.17) is 16.3 Å². The molecule has 1 atom stereocenters. The van der Waals surface area contributed by atoms with Crippen molar-refractivity contribution in [2.24, 2.45) is 0 Å². The van der Waals surface area contributed by atoms with Crippen molar-refractivity contribution in [2.45, 2.75) is 18.9 Å². The zero-order valence-corrected chi connectivity index (χ0v) is 14.2. The van der Waals surface area contributed by atoms with Crippen molar-refractivity contribution >= 4 is 23.2 Å². The van der Waals surface area contributed by atoms with Crippen molar-refractivity contribution in [1.29, 1.82) is 0 Å². The van der Waals surface area contributed by atoms with Gasteiger partial charge in [-0.3, -0.25) is 9.20 Å². The van der Waals surface area contributed by atoms with Crippen LogP contribution in [0.25, 0.3) is 17.0 Å². The van der Waals surface area contributed by atoms with Crippen LogP contribution in [-0.2, 0) is 4.74 Å². The molecular weight excluding hydrogens is 340 g/mol. The van der Waals surface area contributed by atoms with Crippen LogP contribution in [0.2, 0.25) is 5.02 Å². The van der Waals surface area contributed by atoms with Crippen molar-refractivity contribution in [2.75, 3.05) is 13.2 Å². The topological polar surface area (TPSA) is 68.5 Å². The van der Waals surface area contributed by atoms with E-state index in [1.54, 1.807) is 18.3 Å². The monoisotopic (exact) mass is 356 g/mol. The van der Waals surface area contributed by atoms with Crippen LogP contribution < -0.4 is 5.32 Å². The van der Waals surface area contributed by atoms with Crippen molar-refractivity contribution in [3.63, 3.8) is 0 Å². The third-order valence-corrected chi connectivity index (χ3v) is 4.50. The number of nitrogens with one attached hydrogen (secondary N) is 1. The van der Waals surface area contributed by atoms with E-state index in [0.717, 1.165) is 25.0 Å². The molecule has 7 heteroatoms. The van der Waals surface area contributed by atoms with E-state index in [2.05, 4.69) is 15.5 Å². The molecule has 0 unspecified atom stereocenters. The first kappa shape index (κ1) is 16.1. The summed E-state index contributed by atoms with van der Waals surface area (Å²) in [4.78, 5) is 12.3. The summed E-state index contributed by atoms with van der Waals surface area (Å²) in [5.41, 5.74) is 2.03. The molecule has 128 valence electrons. The lowest BCUT2D eigenvalue weighted by atomic mass is 10.2. The maximum absolute atomic E-state index is 12.3. The number of aromatic nitrogens is 3. The summed E-state index contributed by atoms with van der Waals surface area (Å²) in [6.45, 7) is 1.31. The average molecular weight is 357 g/mol. The molecule has 1 N–H and O–H groups in total. The van der Waals surface area contributed by atoms with Gasteiger partial charge in [0.15, 0.2) is 11.5 Å². The summed E-state index contributed by atoms with van der Waals surface area (Å²) < 4.78 is 7.36. The van der Waals surface area contributed by atoms with Crippen LogP contribution in [0.1, 0.15) is 23.2 Å². The molecule has 3 heterocycles. The van der Waals surface area contributed by atoms with Gasteiger partial charge in [0.1, 0.15) is 0 Å². The molecule has 25 heavy (non-hydrogen) atoms. The van der Waals surface area contributed by atoms with Crippen LogP contribution in [0, 0.1) is 0 Å². The van der Waals surface area contributed by atoms with Crippen LogP contribution in [0.3, 0.4) is 0 Å². The minimum atomic E-state index is -0.134. The number of hydrogen-bond donors (Lipinski definition) is 1. The Hall–Kier alpha value is -2.44. The van der Waals surface area contributed by atoms with Crippen molar-refractivity contribution in [1.82, 2.24) is 19.9 Å². The Morgan fingerprint density at radius 2 is 2.24 bits per heavy atom. The fourth-order valence-corrected chi connectivity index (χ4v) is 3.16. The normalized spacial score (nSPS) is 17.1. The molecule has 0 aliphatic carbocycles. The highest BCUT2D eigenvalue weighted by Crippen LogP contribution is 2.22. The van der Waals surface area contributed by atoms with Crippen molar-refractivity contribution in [3.8, 4) is 11.4 Å². The van der Waals surface area contributed by atoms with E-state index in [0.29, 0.717) is 28.6 Å². The third kappa shape index (κ3) is 3.36. The summed E-state index contributed by atoms with van der Waals surface area (Å²) in [6.07, 6.45) is 3.97. The molecule has 3 aromatic rings. The maximum Gasteiger partial charge on any atom is 0.251 e. The highest BCUT2D eigenvalue weighted by Gasteiger charge is 2.17. The van der Waals surface area contributed by atoms with Gasteiger partial charge in [-0.05, 0) is 37.1 Å². The van der Waals surface area contributed by atoms with Crippen LogP contribution in [0.4, 0.5) is 0 Å². The van der Waals surface area contributed by atoms with Gasteiger partial charge in [-0.2, -0.15) is 0 Å². The van der Waals surface area contributed by atoms with E-state index in [-0.39, 0.29) is 12.0 Å². The lowest BCUT2D eigenvalue weighted by Gasteiger charge is -2.10. The summed E-state index contributed by atoms with van der Waals surface area (Å²) in [6, 6.07) is 10.9. The Balaban J connectivity index is 1.55. The molecule has 1 saturated heterocycles. The van der Waals surface area contributed by atoms with Gasteiger partial charge in [0.2, 0.25) is 0 Å². The first-order valence-electron chi connectivity index (χ1n) is 8.21. The number of carbonyl (C=O) groups excluding carboxylic acids is 1. The number of rotatable bonds is 4. The molecule has 6 nitrogen and oxygen atoms in total. The largest absolute Gasteiger partial charge is 0.376 e. The number of amides is 1. The Morgan fingerprint density at radius 3 is 3.04 bits per heavy atom. The number of nitrogens with zero attached hydrogens (tertiary/aromatic N) is 3. The zero-order valence-electron chi connectivity index (χ0n) is 13.5. The predicted octanol–water partition coefficient (Wildman–Crippen LogP) is 2.96. The molecule has 1 aromatic carbocycles. The standard InChI is InChI=1S/C18H17ClN4O2/c19-14-4-1-3-12(9-14)17-22-21-16-10-13(6-7-23(16)17)18(24)20-11-15-5-2-8-25-15/h1,3-4,6-7,9-10,15H,2,5,8,11H2,(H,20,24)/t15-/m0/s1. The molecule has 1 amide bonds. The van der Waals surface area contributed by atoms with Gasteiger partial charge in [0, 0.05) is 35.5 Å². The Kier molecular flexibility index (Phi) is 4.38. The van der Waals surface area contributed by atoms with Gasteiger partial charge < -0.3 is 10.1 Å². The highest BCUT2D eigenvalue weighted by molar-refractivity contribution is 6.30. The van der Waals surface area contributed by atoms with Gasteiger partial charge in [-0.25, -0.2) is 0 Å². The van der Waals surface area contributed by atoms with Gasteiger partial charge in [0.05, 0.1) is 6.10 Å². The van der Waals surface area contributed by atoms with Crippen LogP contribution in [0.5, 0.6) is 0 Å². The predicted molar refractivity (Wildman–Crippen MR) is 94.7 cm³/mol. The number of fused-ring (bicyclic) bond motifs is 1. The summed E-state index contributed by atoms with van der Waals surface area (Å²) in [7, 11) is 0. The molecule has 2 aromatic heterocycles. The molecule has 1 aliphatic rings. The van der Waals surface area contributed by atoms with Gasteiger partial charge in [-0.1, -0.05) is 23.7 Å². The Bertz CT molecular complexity index is 918. The molecule has 0 radical (unpaired) electrons. The molecule has 0 saturated carbocycles. The summed E-state index contributed by atoms with van der Waals surface area (Å²) in [5.74, 6) is 0.550. The van der Waals surface area contributed by atoms with Gasteiger partial charge in [0.25, 0.3) is 5.91 Å².